The predicted molar refractivity (Wildman–Crippen MR) is 77.6 cm³/mol. The first-order valence-corrected chi connectivity index (χ1v) is 6.94. The van der Waals surface area contributed by atoms with Gasteiger partial charge in [-0.1, -0.05) is 19.4 Å². The summed E-state index contributed by atoms with van der Waals surface area (Å²) in [5.41, 5.74) is 3.59. The number of pyridine rings is 1. The molecule has 1 atom stereocenters. The monoisotopic (exact) mass is 262 g/mol. The average molecular weight is 262 g/mol. The zero-order valence-electron chi connectivity index (χ0n) is 10.4. The molecular weight excluding hydrogens is 244 g/mol. The van der Waals surface area contributed by atoms with E-state index in [1.54, 1.807) is 17.5 Å². The van der Waals surface area contributed by atoms with Crippen LogP contribution in [0.4, 0.5) is 11.5 Å². The molecule has 0 saturated carbocycles. The van der Waals surface area contributed by atoms with Crippen LogP contribution in [0.2, 0.25) is 0 Å². The standard InChI is InChI=1S/C13H18N4S/c1-2-4-11(12-5-3-8-18-12)16-10-6-7-15-13(9-10)17-14/h3,5-9,11H,2,4,14H2,1H3,(H2,15,16,17). The highest BCUT2D eigenvalue weighted by molar-refractivity contribution is 7.10. The van der Waals surface area contributed by atoms with Crippen molar-refractivity contribution in [2.24, 2.45) is 5.84 Å². The summed E-state index contributed by atoms with van der Waals surface area (Å²) in [6.45, 7) is 2.20. The van der Waals surface area contributed by atoms with Crippen LogP contribution in [0.15, 0.2) is 35.8 Å². The normalized spacial score (nSPS) is 12.1. The fourth-order valence-electron chi connectivity index (χ4n) is 1.86. The van der Waals surface area contributed by atoms with Crippen LogP contribution in [0.1, 0.15) is 30.7 Å². The van der Waals surface area contributed by atoms with Crippen LogP contribution in [0.5, 0.6) is 0 Å². The van der Waals surface area contributed by atoms with E-state index in [0.29, 0.717) is 11.9 Å². The maximum absolute atomic E-state index is 5.36. The Hall–Kier alpha value is -1.59. The van der Waals surface area contributed by atoms with Gasteiger partial charge in [-0.2, -0.15) is 0 Å². The van der Waals surface area contributed by atoms with Crippen LogP contribution < -0.4 is 16.6 Å². The molecule has 96 valence electrons. The summed E-state index contributed by atoms with van der Waals surface area (Å²) in [4.78, 5) is 5.46. The van der Waals surface area contributed by atoms with Crippen LogP contribution in [-0.2, 0) is 0 Å². The quantitative estimate of drug-likeness (QED) is 0.551. The van der Waals surface area contributed by atoms with E-state index >= 15 is 0 Å². The molecule has 0 radical (unpaired) electrons. The third-order valence-corrected chi connectivity index (χ3v) is 3.70. The lowest BCUT2D eigenvalue weighted by Crippen LogP contribution is -2.11. The number of nitrogen functional groups attached to an aromatic ring is 1. The minimum absolute atomic E-state index is 0.350. The summed E-state index contributed by atoms with van der Waals surface area (Å²) in [5.74, 6) is 6.03. The zero-order valence-corrected chi connectivity index (χ0v) is 11.2. The van der Waals surface area contributed by atoms with Gasteiger partial charge in [-0.05, 0) is 23.9 Å². The van der Waals surface area contributed by atoms with E-state index in [9.17, 15) is 0 Å². The third-order valence-electron chi connectivity index (χ3n) is 2.71. The lowest BCUT2D eigenvalue weighted by molar-refractivity contribution is 0.687. The number of hydrogen-bond acceptors (Lipinski definition) is 5. The minimum atomic E-state index is 0.350. The molecule has 4 N–H and O–H groups in total. The Balaban J connectivity index is 2.13. The highest BCUT2D eigenvalue weighted by Crippen LogP contribution is 2.27. The second-order valence-electron chi connectivity index (χ2n) is 4.08. The third kappa shape index (κ3) is 3.21. The van der Waals surface area contributed by atoms with Crippen molar-refractivity contribution in [2.75, 3.05) is 10.7 Å². The number of hydrogen-bond donors (Lipinski definition) is 3. The van der Waals surface area contributed by atoms with Crippen LogP contribution >= 0.6 is 11.3 Å². The average Bonchev–Trinajstić information content (AvgIpc) is 2.92. The van der Waals surface area contributed by atoms with Crippen molar-refractivity contribution in [1.29, 1.82) is 0 Å². The van der Waals surface area contributed by atoms with Gasteiger partial charge in [0, 0.05) is 22.8 Å². The van der Waals surface area contributed by atoms with Gasteiger partial charge < -0.3 is 10.7 Å². The Labute approximate surface area is 111 Å². The molecule has 5 heteroatoms. The fourth-order valence-corrected chi connectivity index (χ4v) is 2.68. The molecule has 2 aromatic rings. The van der Waals surface area contributed by atoms with E-state index in [2.05, 4.69) is 40.2 Å². The Morgan fingerprint density at radius 3 is 3.00 bits per heavy atom. The van der Waals surface area contributed by atoms with Gasteiger partial charge in [0.05, 0.1) is 6.04 Å². The zero-order chi connectivity index (χ0) is 12.8. The molecule has 0 bridgehead atoms. The Morgan fingerprint density at radius 2 is 2.33 bits per heavy atom. The summed E-state index contributed by atoms with van der Waals surface area (Å²) < 4.78 is 0. The van der Waals surface area contributed by atoms with Crippen LogP contribution in [0, 0.1) is 0 Å². The van der Waals surface area contributed by atoms with E-state index in [1.807, 2.05) is 12.1 Å². The number of anilines is 2. The van der Waals surface area contributed by atoms with Crippen LogP contribution in [-0.4, -0.2) is 4.98 Å². The summed E-state index contributed by atoms with van der Waals surface area (Å²) in [6.07, 6.45) is 3.99. The number of hydrazine groups is 1. The van der Waals surface area contributed by atoms with Crippen molar-refractivity contribution in [1.82, 2.24) is 4.98 Å². The van der Waals surface area contributed by atoms with Gasteiger partial charge in [0.2, 0.25) is 0 Å². The molecule has 0 aliphatic heterocycles. The molecule has 4 nitrogen and oxygen atoms in total. The van der Waals surface area contributed by atoms with E-state index in [-0.39, 0.29) is 0 Å². The first kappa shape index (κ1) is 12.9. The molecule has 2 aromatic heterocycles. The van der Waals surface area contributed by atoms with E-state index in [0.717, 1.165) is 18.5 Å². The van der Waals surface area contributed by atoms with Crippen LogP contribution in [0.25, 0.3) is 0 Å². The Kier molecular flexibility index (Phi) is 4.55. The molecule has 0 amide bonds. The molecule has 0 aromatic carbocycles. The summed E-state index contributed by atoms with van der Waals surface area (Å²) in [7, 11) is 0. The lowest BCUT2D eigenvalue weighted by atomic mass is 10.1. The fraction of sp³-hybridized carbons (Fsp3) is 0.308. The second-order valence-corrected chi connectivity index (χ2v) is 5.05. The second kappa shape index (κ2) is 6.37. The highest BCUT2D eigenvalue weighted by atomic mass is 32.1. The van der Waals surface area contributed by atoms with Crippen molar-refractivity contribution < 1.29 is 0 Å². The molecule has 1 unspecified atom stereocenters. The molecule has 0 fully saturated rings. The number of nitrogens with zero attached hydrogens (tertiary/aromatic N) is 1. The Morgan fingerprint density at radius 1 is 1.44 bits per heavy atom. The summed E-state index contributed by atoms with van der Waals surface area (Å²) >= 11 is 1.78. The van der Waals surface area contributed by atoms with Gasteiger partial charge in [-0.25, -0.2) is 10.8 Å². The first-order chi connectivity index (χ1) is 8.83. The van der Waals surface area contributed by atoms with Gasteiger partial charge in [0.25, 0.3) is 0 Å². The SMILES string of the molecule is CCCC(Nc1ccnc(NN)c1)c1cccs1. The molecule has 0 spiro atoms. The smallest absolute Gasteiger partial charge is 0.141 e. The van der Waals surface area contributed by atoms with Gasteiger partial charge in [-0.15, -0.1) is 11.3 Å². The number of nitrogens with one attached hydrogen (secondary N) is 2. The minimum Gasteiger partial charge on any atom is -0.377 e. The molecular formula is C13H18N4S. The largest absolute Gasteiger partial charge is 0.377 e. The molecule has 2 rings (SSSR count). The van der Waals surface area contributed by atoms with E-state index in [4.69, 9.17) is 5.84 Å². The molecule has 0 aliphatic rings. The van der Waals surface area contributed by atoms with Crippen molar-refractivity contribution in [2.45, 2.75) is 25.8 Å². The number of rotatable bonds is 6. The van der Waals surface area contributed by atoms with Crippen LogP contribution in [0.3, 0.4) is 0 Å². The highest BCUT2D eigenvalue weighted by Gasteiger charge is 2.11. The molecule has 0 aliphatic carbocycles. The summed E-state index contributed by atoms with van der Waals surface area (Å²) in [5, 5.41) is 5.64. The lowest BCUT2D eigenvalue weighted by Gasteiger charge is -2.18. The molecule has 18 heavy (non-hydrogen) atoms. The number of nitrogens with two attached hydrogens (primary N) is 1. The Bertz CT molecular complexity index is 470. The number of thiophene rings is 1. The molecule has 2 heterocycles. The van der Waals surface area contributed by atoms with Gasteiger partial charge in [-0.3, -0.25) is 0 Å². The van der Waals surface area contributed by atoms with Crippen molar-refractivity contribution >= 4 is 22.8 Å². The topological polar surface area (TPSA) is 63.0 Å². The number of aromatic nitrogens is 1. The van der Waals surface area contributed by atoms with E-state index < -0.39 is 0 Å². The first-order valence-electron chi connectivity index (χ1n) is 6.06. The van der Waals surface area contributed by atoms with Gasteiger partial charge in [0.15, 0.2) is 0 Å². The maximum Gasteiger partial charge on any atom is 0.141 e. The van der Waals surface area contributed by atoms with Gasteiger partial charge in [0.1, 0.15) is 5.82 Å². The predicted octanol–water partition coefficient (Wildman–Crippen LogP) is 3.38. The van der Waals surface area contributed by atoms with Crippen molar-refractivity contribution in [3.8, 4) is 0 Å². The summed E-state index contributed by atoms with van der Waals surface area (Å²) in [6, 6.07) is 8.47. The van der Waals surface area contributed by atoms with Crippen molar-refractivity contribution in [3.05, 3.63) is 40.7 Å². The van der Waals surface area contributed by atoms with Gasteiger partial charge >= 0.3 is 0 Å². The van der Waals surface area contributed by atoms with Crippen molar-refractivity contribution in [3.63, 3.8) is 0 Å². The molecule has 0 saturated heterocycles. The van der Waals surface area contributed by atoms with E-state index in [1.165, 1.54) is 4.88 Å². The maximum atomic E-state index is 5.36.